The summed E-state index contributed by atoms with van der Waals surface area (Å²) in [5, 5.41) is 0. The monoisotopic (exact) mass is 479 g/mol. The fraction of sp³-hybridized carbons (Fsp3) is 0.194. The van der Waals surface area contributed by atoms with E-state index in [-0.39, 0.29) is 18.6 Å². The molecule has 0 aliphatic carbocycles. The van der Waals surface area contributed by atoms with E-state index in [4.69, 9.17) is 14.2 Å². The average Bonchev–Trinajstić information content (AvgIpc) is 2.95. The van der Waals surface area contributed by atoms with Crippen molar-refractivity contribution in [2.45, 2.75) is 12.5 Å². The van der Waals surface area contributed by atoms with Crippen molar-refractivity contribution >= 4 is 5.91 Å². The number of amides is 1. The number of ether oxygens (including phenoxy) is 3. The maximum atomic E-state index is 13.6. The van der Waals surface area contributed by atoms with E-state index in [0.717, 1.165) is 34.2 Å². The van der Waals surface area contributed by atoms with Crippen LogP contribution in [0.25, 0.3) is 11.1 Å². The molecule has 0 saturated carbocycles. The number of hydrogen-bond acceptors (Lipinski definition) is 4. The van der Waals surface area contributed by atoms with Gasteiger partial charge in [-0.25, -0.2) is 0 Å². The van der Waals surface area contributed by atoms with E-state index in [1.54, 1.807) is 14.2 Å². The molecule has 0 spiro atoms. The zero-order valence-corrected chi connectivity index (χ0v) is 20.5. The van der Waals surface area contributed by atoms with E-state index < -0.39 is 0 Å². The van der Waals surface area contributed by atoms with Crippen LogP contribution in [0.3, 0.4) is 0 Å². The number of hydrogen-bond donors (Lipinski definition) is 0. The summed E-state index contributed by atoms with van der Waals surface area (Å²) in [5.74, 6) is 1.98. The van der Waals surface area contributed by atoms with Crippen LogP contribution in [-0.2, 0) is 11.2 Å². The molecule has 36 heavy (non-hydrogen) atoms. The summed E-state index contributed by atoms with van der Waals surface area (Å²) in [7, 11) is 3.27. The SMILES string of the molecule is COc1cc2c(cc1OC)C(c1ccccc1)N(C(=O)COc1ccccc1-c1ccccc1)CC2. The molecule has 0 radical (unpaired) electrons. The van der Waals surface area contributed by atoms with Crippen molar-refractivity contribution in [3.63, 3.8) is 0 Å². The topological polar surface area (TPSA) is 48.0 Å². The van der Waals surface area contributed by atoms with Crippen LogP contribution >= 0.6 is 0 Å². The Morgan fingerprint density at radius 3 is 2.17 bits per heavy atom. The number of benzene rings is 4. The quantitative estimate of drug-likeness (QED) is 0.330. The van der Waals surface area contributed by atoms with Gasteiger partial charge in [-0.1, -0.05) is 78.9 Å². The average molecular weight is 480 g/mol. The van der Waals surface area contributed by atoms with Crippen LogP contribution in [0.1, 0.15) is 22.7 Å². The molecule has 0 bridgehead atoms. The van der Waals surface area contributed by atoms with E-state index in [2.05, 4.69) is 12.1 Å². The molecule has 0 saturated heterocycles. The lowest BCUT2D eigenvalue weighted by Crippen LogP contribution is -2.43. The fourth-order valence-corrected chi connectivity index (χ4v) is 4.88. The Morgan fingerprint density at radius 1 is 0.806 bits per heavy atom. The molecule has 4 aromatic rings. The Morgan fingerprint density at radius 2 is 1.44 bits per heavy atom. The number of methoxy groups -OCH3 is 2. The zero-order valence-electron chi connectivity index (χ0n) is 20.5. The number of rotatable bonds is 7. The van der Waals surface area contributed by atoms with Gasteiger partial charge in [-0.3, -0.25) is 4.79 Å². The summed E-state index contributed by atoms with van der Waals surface area (Å²) in [5.41, 5.74) is 5.26. The molecule has 1 atom stereocenters. The van der Waals surface area contributed by atoms with Gasteiger partial charge in [0, 0.05) is 12.1 Å². The molecule has 1 unspecified atom stereocenters. The number of fused-ring (bicyclic) bond motifs is 1. The Bertz CT molecular complexity index is 1340. The predicted octanol–water partition coefficient (Wildman–Crippen LogP) is 5.92. The van der Waals surface area contributed by atoms with Crippen molar-refractivity contribution in [3.05, 3.63) is 114 Å². The molecule has 5 heteroatoms. The van der Waals surface area contributed by atoms with Crippen molar-refractivity contribution in [3.8, 4) is 28.4 Å². The van der Waals surface area contributed by atoms with E-state index >= 15 is 0 Å². The first kappa shape index (κ1) is 23.5. The fourth-order valence-electron chi connectivity index (χ4n) is 4.88. The Balaban J connectivity index is 1.45. The first-order chi connectivity index (χ1) is 17.7. The second kappa shape index (κ2) is 10.6. The van der Waals surface area contributed by atoms with Gasteiger partial charge < -0.3 is 19.1 Å². The summed E-state index contributed by atoms with van der Waals surface area (Å²) in [6, 6.07) is 31.8. The third kappa shape index (κ3) is 4.65. The van der Waals surface area contributed by atoms with Gasteiger partial charge in [0.2, 0.25) is 0 Å². The lowest BCUT2D eigenvalue weighted by atomic mass is 9.87. The van der Waals surface area contributed by atoms with Crippen LogP contribution in [0, 0.1) is 0 Å². The minimum Gasteiger partial charge on any atom is -0.493 e. The van der Waals surface area contributed by atoms with Crippen LogP contribution in [0.4, 0.5) is 0 Å². The van der Waals surface area contributed by atoms with Gasteiger partial charge in [-0.2, -0.15) is 0 Å². The smallest absolute Gasteiger partial charge is 0.261 e. The van der Waals surface area contributed by atoms with Crippen LogP contribution in [-0.4, -0.2) is 38.2 Å². The highest BCUT2D eigenvalue weighted by Gasteiger charge is 2.33. The third-order valence-corrected chi connectivity index (χ3v) is 6.63. The molecular formula is C31H29NO4. The third-order valence-electron chi connectivity index (χ3n) is 6.63. The van der Waals surface area contributed by atoms with Crippen LogP contribution < -0.4 is 14.2 Å². The van der Waals surface area contributed by atoms with E-state index in [1.807, 2.05) is 89.8 Å². The Labute approximate surface area is 211 Å². The highest BCUT2D eigenvalue weighted by molar-refractivity contribution is 5.80. The molecule has 5 nitrogen and oxygen atoms in total. The standard InChI is InChI=1S/C31H29NO4/c1-34-28-19-24-17-18-32(31(23-13-7-4-8-14-23)26(24)20-29(28)35-2)30(33)21-36-27-16-10-9-15-25(27)22-11-5-3-6-12-22/h3-16,19-20,31H,17-18,21H2,1-2H3. The molecule has 0 fully saturated rings. The van der Waals surface area contributed by atoms with Gasteiger partial charge in [0.15, 0.2) is 18.1 Å². The van der Waals surface area contributed by atoms with Gasteiger partial charge in [-0.05, 0) is 46.9 Å². The lowest BCUT2D eigenvalue weighted by Gasteiger charge is -2.38. The van der Waals surface area contributed by atoms with Crippen LogP contribution in [0.5, 0.6) is 17.2 Å². The highest BCUT2D eigenvalue weighted by Crippen LogP contribution is 2.41. The minimum absolute atomic E-state index is 0.0458. The van der Waals surface area contributed by atoms with E-state index in [0.29, 0.717) is 23.8 Å². The molecule has 0 aromatic heterocycles. The summed E-state index contributed by atoms with van der Waals surface area (Å²) in [6.45, 7) is 0.542. The number of carbonyl (C=O) groups excluding carboxylic acids is 1. The van der Waals surface area contributed by atoms with Crippen molar-refractivity contribution in [1.29, 1.82) is 0 Å². The maximum Gasteiger partial charge on any atom is 0.261 e. The summed E-state index contributed by atoms with van der Waals surface area (Å²) in [6.07, 6.45) is 0.728. The van der Waals surface area contributed by atoms with Crippen LogP contribution in [0.2, 0.25) is 0 Å². The molecule has 182 valence electrons. The van der Waals surface area contributed by atoms with Gasteiger partial charge in [0.1, 0.15) is 5.75 Å². The largest absolute Gasteiger partial charge is 0.493 e. The molecule has 0 N–H and O–H groups in total. The van der Waals surface area contributed by atoms with Gasteiger partial charge in [0.25, 0.3) is 5.91 Å². The van der Waals surface area contributed by atoms with Crippen molar-refractivity contribution < 1.29 is 19.0 Å². The highest BCUT2D eigenvalue weighted by atomic mass is 16.5. The molecule has 1 aliphatic rings. The first-order valence-corrected chi connectivity index (χ1v) is 12.1. The summed E-state index contributed by atoms with van der Waals surface area (Å²) < 4.78 is 17.2. The van der Waals surface area contributed by atoms with Gasteiger partial charge in [0.05, 0.1) is 20.3 Å². The predicted molar refractivity (Wildman–Crippen MR) is 141 cm³/mol. The van der Waals surface area contributed by atoms with Crippen LogP contribution in [0.15, 0.2) is 97.1 Å². The van der Waals surface area contributed by atoms with Crippen molar-refractivity contribution in [1.82, 2.24) is 4.90 Å². The Hall–Kier alpha value is -4.25. The van der Waals surface area contributed by atoms with Gasteiger partial charge >= 0.3 is 0 Å². The summed E-state index contributed by atoms with van der Waals surface area (Å²) >= 11 is 0. The number of nitrogens with zero attached hydrogens (tertiary/aromatic N) is 1. The molecule has 4 aromatic carbocycles. The van der Waals surface area contributed by atoms with E-state index in [1.165, 1.54) is 0 Å². The summed E-state index contributed by atoms with van der Waals surface area (Å²) in [4.78, 5) is 15.5. The molecular weight excluding hydrogens is 450 g/mol. The first-order valence-electron chi connectivity index (χ1n) is 12.1. The number of carbonyl (C=O) groups is 1. The van der Waals surface area contributed by atoms with Crippen molar-refractivity contribution in [2.75, 3.05) is 27.4 Å². The molecule has 1 heterocycles. The molecule has 5 rings (SSSR count). The maximum absolute atomic E-state index is 13.6. The minimum atomic E-state index is -0.241. The Kier molecular flexibility index (Phi) is 6.89. The molecule has 1 aliphatic heterocycles. The second-order valence-electron chi connectivity index (χ2n) is 8.71. The lowest BCUT2D eigenvalue weighted by molar-refractivity contribution is -0.135. The second-order valence-corrected chi connectivity index (χ2v) is 8.71. The zero-order chi connectivity index (χ0) is 24.9. The van der Waals surface area contributed by atoms with Gasteiger partial charge in [-0.15, -0.1) is 0 Å². The normalized spacial score (nSPS) is 14.6. The van der Waals surface area contributed by atoms with E-state index in [9.17, 15) is 4.79 Å². The number of para-hydroxylation sites is 1. The molecule has 1 amide bonds. The van der Waals surface area contributed by atoms with Crippen molar-refractivity contribution in [2.24, 2.45) is 0 Å².